The molecule has 1 aromatic rings. The van der Waals surface area contributed by atoms with Crippen molar-refractivity contribution in [2.75, 3.05) is 0 Å². The van der Waals surface area contributed by atoms with Gasteiger partial charge in [0.05, 0.1) is 0 Å². The monoisotopic (exact) mass is 121 g/mol. The van der Waals surface area contributed by atoms with Gasteiger partial charge in [0.2, 0.25) is 0 Å². The molecule has 1 radical (unpaired) electrons. The molecule has 0 amide bonds. The highest BCUT2D eigenvalue weighted by atomic mass is 19.1. The van der Waals surface area contributed by atoms with Crippen LogP contribution >= 0.6 is 0 Å². The number of rotatable bonds is 1. The second-order valence-corrected chi connectivity index (χ2v) is 1.67. The van der Waals surface area contributed by atoms with Crippen LogP contribution in [-0.4, -0.2) is 0 Å². The van der Waals surface area contributed by atoms with Crippen LogP contribution in [0.4, 0.5) is 4.39 Å². The summed E-state index contributed by atoms with van der Waals surface area (Å²) in [6.07, 6.45) is 1.59. The molecule has 0 N–H and O–H groups in total. The van der Waals surface area contributed by atoms with Crippen LogP contribution in [0.25, 0.3) is 6.08 Å². The molecular formula is C8H6F. The van der Waals surface area contributed by atoms with E-state index in [9.17, 15) is 4.39 Å². The van der Waals surface area contributed by atoms with E-state index >= 15 is 0 Å². The minimum atomic E-state index is -0.340. The Bertz CT molecular complexity index is 216. The normalized spacial score (nSPS) is 9.00. The van der Waals surface area contributed by atoms with Crippen molar-refractivity contribution in [3.05, 3.63) is 42.2 Å². The number of hydrogen-bond acceptors (Lipinski definition) is 0. The number of hydrogen-bond donors (Lipinski definition) is 0. The Morgan fingerprint density at radius 3 is 2.89 bits per heavy atom. The van der Waals surface area contributed by atoms with E-state index in [4.69, 9.17) is 0 Å². The van der Waals surface area contributed by atoms with E-state index in [2.05, 4.69) is 12.6 Å². The molecule has 1 heteroatoms. The molecule has 1 aromatic carbocycles. The molecule has 0 aromatic heterocycles. The minimum absolute atomic E-state index is 0.340. The maximum absolute atomic E-state index is 12.3. The molecule has 0 unspecified atom stereocenters. The summed E-state index contributed by atoms with van der Waals surface area (Å²) >= 11 is 0. The van der Waals surface area contributed by atoms with Crippen molar-refractivity contribution >= 4 is 6.08 Å². The van der Waals surface area contributed by atoms with Gasteiger partial charge in [-0.2, -0.15) is 0 Å². The quantitative estimate of drug-likeness (QED) is 0.534. The van der Waals surface area contributed by atoms with Crippen LogP contribution in [-0.2, 0) is 0 Å². The zero-order chi connectivity index (χ0) is 6.69. The second-order valence-electron chi connectivity index (χ2n) is 1.67. The van der Waals surface area contributed by atoms with Gasteiger partial charge < -0.3 is 0 Å². The molecule has 0 atom stereocenters. The molecular weight excluding hydrogens is 115 g/mol. The van der Waals surface area contributed by atoms with Crippen LogP contribution in [0.5, 0.6) is 0 Å². The highest BCUT2D eigenvalue weighted by molar-refractivity contribution is 5.45. The lowest BCUT2D eigenvalue weighted by atomic mass is 10.2. The highest BCUT2D eigenvalue weighted by Crippen LogP contribution is 2.02. The van der Waals surface area contributed by atoms with Gasteiger partial charge in [-0.05, 0) is 11.6 Å². The van der Waals surface area contributed by atoms with Gasteiger partial charge in [-0.1, -0.05) is 24.8 Å². The Hall–Kier alpha value is -1.11. The molecule has 0 saturated carbocycles. The molecule has 0 nitrogen and oxygen atoms in total. The molecule has 9 heavy (non-hydrogen) atoms. The van der Waals surface area contributed by atoms with Gasteiger partial charge in [0.25, 0.3) is 0 Å². The van der Waals surface area contributed by atoms with E-state index < -0.39 is 0 Å². The van der Waals surface area contributed by atoms with E-state index in [0.29, 0.717) is 0 Å². The zero-order valence-electron chi connectivity index (χ0n) is 4.89. The van der Waals surface area contributed by atoms with Crippen LogP contribution in [0.1, 0.15) is 5.56 Å². The fraction of sp³-hybridized carbons (Fsp3) is 0. The molecule has 1 rings (SSSR count). The third-order valence-electron chi connectivity index (χ3n) is 1.03. The van der Waals surface area contributed by atoms with Crippen molar-refractivity contribution in [3.8, 4) is 0 Å². The van der Waals surface area contributed by atoms with Gasteiger partial charge in [-0.3, -0.25) is 0 Å². The Kier molecular flexibility index (Phi) is 1.63. The summed E-state index contributed by atoms with van der Waals surface area (Å²) in [5.74, 6) is -0.340. The van der Waals surface area contributed by atoms with Gasteiger partial charge >= 0.3 is 0 Å². The summed E-state index contributed by atoms with van der Waals surface area (Å²) < 4.78 is 12.3. The lowest BCUT2D eigenvalue weighted by molar-refractivity contribution is 0.625. The lowest BCUT2D eigenvalue weighted by Crippen LogP contribution is -1.73. The first kappa shape index (κ1) is 6.02. The fourth-order valence-corrected chi connectivity index (χ4v) is 0.581. The van der Waals surface area contributed by atoms with E-state index in [0.717, 1.165) is 5.56 Å². The third-order valence-corrected chi connectivity index (χ3v) is 1.03. The largest absolute Gasteiger partial charge is 0.206 e. The number of halogens is 1. The summed E-state index contributed by atoms with van der Waals surface area (Å²) in [6, 6.07) is 7.05. The van der Waals surface area contributed by atoms with Crippen LogP contribution < -0.4 is 0 Å². The molecule has 0 aliphatic carbocycles. The van der Waals surface area contributed by atoms with Gasteiger partial charge in [-0.25, -0.2) is 4.39 Å². The van der Waals surface area contributed by atoms with Crippen molar-refractivity contribution in [1.29, 1.82) is 0 Å². The second kappa shape index (κ2) is 2.44. The van der Waals surface area contributed by atoms with Gasteiger partial charge in [0.15, 0.2) is 0 Å². The van der Waals surface area contributed by atoms with Crippen molar-refractivity contribution in [3.63, 3.8) is 0 Å². The van der Waals surface area contributed by atoms with Crippen LogP contribution in [0.3, 0.4) is 0 Å². The SMILES string of the molecule is C=Cc1cc[c]c(F)c1. The Labute approximate surface area is 53.6 Å². The molecule has 0 aliphatic heterocycles. The van der Waals surface area contributed by atoms with Crippen LogP contribution in [0.15, 0.2) is 24.8 Å². The molecule has 0 heterocycles. The smallest absolute Gasteiger partial charge is 0.131 e. The summed E-state index contributed by atoms with van der Waals surface area (Å²) in [5, 5.41) is 0. The maximum atomic E-state index is 12.3. The predicted molar refractivity (Wildman–Crippen MR) is 35.3 cm³/mol. The van der Waals surface area contributed by atoms with Crippen molar-refractivity contribution < 1.29 is 4.39 Å². The molecule has 0 bridgehead atoms. The van der Waals surface area contributed by atoms with Crippen LogP contribution in [0.2, 0.25) is 0 Å². The summed E-state index contributed by atoms with van der Waals surface area (Å²) in [6.45, 7) is 3.49. The number of benzene rings is 1. The zero-order valence-corrected chi connectivity index (χ0v) is 4.89. The first-order valence-electron chi connectivity index (χ1n) is 2.62. The van der Waals surface area contributed by atoms with Crippen molar-refractivity contribution in [2.24, 2.45) is 0 Å². The van der Waals surface area contributed by atoms with E-state index in [1.807, 2.05) is 0 Å². The van der Waals surface area contributed by atoms with E-state index in [-0.39, 0.29) is 5.82 Å². The fourth-order valence-electron chi connectivity index (χ4n) is 0.581. The van der Waals surface area contributed by atoms with Crippen molar-refractivity contribution in [1.82, 2.24) is 0 Å². The standard InChI is InChI=1S/C8H6F/c1-2-7-4-3-5-8(9)6-7/h2-4,6H,1H2. The Balaban J connectivity index is 3.07. The maximum Gasteiger partial charge on any atom is 0.131 e. The lowest BCUT2D eigenvalue weighted by Gasteiger charge is -1.88. The Morgan fingerprint density at radius 2 is 2.44 bits per heavy atom. The molecule has 0 saturated heterocycles. The topological polar surface area (TPSA) is 0 Å². The third kappa shape index (κ3) is 1.39. The predicted octanol–water partition coefficient (Wildman–Crippen LogP) is 2.27. The van der Waals surface area contributed by atoms with Gasteiger partial charge in [0.1, 0.15) is 5.82 Å². The van der Waals surface area contributed by atoms with Crippen LogP contribution in [0, 0.1) is 11.9 Å². The highest BCUT2D eigenvalue weighted by Gasteiger charge is 1.87. The van der Waals surface area contributed by atoms with Gasteiger partial charge in [0, 0.05) is 6.07 Å². The van der Waals surface area contributed by atoms with E-state index in [1.165, 1.54) is 12.1 Å². The summed E-state index contributed by atoms with van der Waals surface area (Å²) in [5.41, 5.74) is 0.784. The van der Waals surface area contributed by atoms with E-state index in [1.54, 1.807) is 12.1 Å². The Morgan fingerprint density at radius 1 is 1.67 bits per heavy atom. The van der Waals surface area contributed by atoms with Crippen molar-refractivity contribution in [2.45, 2.75) is 0 Å². The average molecular weight is 121 g/mol. The van der Waals surface area contributed by atoms with Gasteiger partial charge in [-0.15, -0.1) is 0 Å². The average Bonchev–Trinajstić information content (AvgIpc) is 1.88. The molecule has 0 spiro atoms. The first-order valence-corrected chi connectivity index (χ1v) is 2.62. The first-order chi connectivity index (χ1) is 4.33. The minimum Gasteiger partial charge on any atom is -0.206 e. The molecule has 45 valence electrons. The summed E-state index contributed by atoms with van der Waals surface area (Å²) in [4.78, 5) is 0. The molecule has 0 aliphatic rings. The summed E-state index contributed by atoms with van der Waals surface area (Å²) in [7, 11) is 0. The molecule has 0 fully saturated rings.